The normalized spacial score (nSPS) is 13.4. The lowest BCUT2D eigenvalue weighted by molar-refractivity contribution is 0.769. The lowest BCUT2D eigenvalue weighted by atomic mass is 9.67. The monoisotopic (exact) mass is 428 g/mol. The first-order chi connectivity index (χ1) is 15.8. The molecule has 0 saturated carbocycles. The fourth-order valence-corrected chi connectivity index (χ4v) is 5.57. The highest BCUT2D eigenvalue weighted by Gasteiger charge is 2.45. The Morgan fingerprint density at radius 3 is 1.62 bits per heavy atom. The standard InChI is InChI=1S/C31H21Cl/c32-30-20-9-6-15-25(30)22-11-10-14-24(21-22)31(23-12-2-1-3-13-23)28-18-7-4-16-26(28)27-17-5-8-19-29(27)31/h1-21H. The van der Waals surface area contributed by atoms with Crippen LogP contribution in [0.1, 0.15) is 22.3 Å². The Bertz CT molecular complexity index is 1390. The SMILES string of the molecule is Clc1ccccc1-c1cccc(C2(c3ccccc3)c3ccccc3-c3ccccc32)c1. The fraction of sp³-hybridized carbons (Fsp3) is 0.0323. The molecule has 0 aromatic heterocycles. The molecule has 0 unspecified atom stereocenters. The summed E-state index contributed by atoms with van der Waals surface area (Å²) >= 11 is 6.58. The van der Waals surface area contributed by atoms with Gasteiger partial charge in [-0.15, -0.1) is 0 Å². The van der Waals surface area contributed by atoms with Crippen molar-refractivity contribution in [3.8, 4) is 22.3 Å². The maximum absolute atomic E-state index is 6.58. The summed E-state index contributed by atoms with van der Waals surface area (Å²) in [5, 5.41) is 0.769. The summed E-state index contributed by atoms with van der Waals surface area (Å²) < 4.78 is 0. The van der Waals surface area contributed by atoms with Gasteiger partial charge in [0.05, 0.1) is 5.41 Å². The molecule has 152 valence electrons. The molecule has 0 amide bonds. The van der Waals surface area contributed by atoms with E-state index in [9.17, 15) is 0 Å². The molecule has 5 aromatic rings. The summed E-state index contributed by atoms with van der Waals surface area (Å²) in [5.41, 5.74) is 9.57. The van der Waals surface area contributed by atoms with Gasteiger partial charge in [0.1, 0.15) is 0 Å². The highest BCUT2D eigenvalue weighted by Crippen LogP contribution is 2.56. The van der Waals surface area contributed by atoms with E-state index in [2.05, 4.69) is 109 Å². The van der Waals surface area contributed by atoms with Crippen molar-refractivity contribution in [1.29, 1.82) is 0 Å². The van der Waals surface area contributed by atoms with Crippen molar-refractivity contribution in [3.63, 3.8) is 0 Å². The Balaban J connectivity index is 1.72. The predicted molar refractivity (Wildman–Crippen MR) is 134 cm³/mol. The summed E-state index contributed by atoms with van der Waals surface area (Å²) in [5.74, 6) is 0. The number of benzene rings is 5. The largest absolute Gasteiger partial charge is 0.0837 e. The van der Waals surface area contributed by atoms with E-state index in [0.29, 0.717) is 0 Å². The molecule has 0 aliphatic heterocycles. The minimum Gasteiger partial charge on any atom is -0.0837 e. The number of hydrogen-bond acceptors (Lipinski definition) is 0. The first kappa shape index (κ1) is 19.1. The molecule has 0 radical (unpaired) electrons. The average molecular weight is 429 g/mol. The summed E-state index contributed by atoms with van der Waals surface area (Å²) in [7, 11) is 0. The van der Waals surface area contributed by atoms with Crippen molar-refractivity contribution < 1.29 is 0 Å². The second-order valence-corrected chi connectivity index (χ2v) is 8.68. The molecule has 0 bridgehead atoms. The van der Waals surface area contributed by atoms with Crippen LogP contribution in [-0.2, 0) is 5.41 Å². The van der Waals surface area contributed by atoms with E-state index in [4.69, 9.17) is 11.6 Å². The van der Waals surface area contributed by atoms with Gasteiger partial charge in [-0.25, -0.2) is 0 Å². The molecule has 32 heavy (non-hydrogen) atoms. The smallest absolute Gasteiger partial charge is 0.0713 e. The second kappa shape index (κ2) is 7.51. The molecule has 0 saturated heterocycles. The molecule has 0 fully saturated rings. The summed E-state index contributed by atoms with van der Waals surface area (Å²) in [6, 6.07) is 45.4. The van der Waals surface area contributed by atoms with Crippen molar-refractivity contribution in [2.75, 3.05) is 0 Å². The van der Waals surface area contributed by atoms with Crippen LogP contribution in [0.3, 0.4) is 0 Å². The molecule has 5 aromatic carbocycles. The van der Waals surface area contributed by atoms with Gasteiger partial charge in [-0.1, -0.05) is 127 Å². The Morgan fingerprint density at radius 1 is 0.438 bits per heavy atom. The minimum absolute atomic E-state index is 0.383. The molecule has 1 aliphatic rings. The lowest BCUT2D eigenvalue weighted by Gasteiger charge is -2.34. The van der Waals surface area contributed by atoms with Crippen LogP contribution in [0.15, 0.2) is 127 Å². The van der Waals surface area contributed by atoms with Crippen LogP contribution >= 0.6 is 11.6 Å². The number of rotatable bonds is 3. The Kier molecular flexibility index (Phi) is 4.48. The van der Waals surface area contributed by atoms with Crippen LogP contribution in [0.5, 0.6) is 0 Å². The van der Waals surface area contributed by atoms with Gasteiger partial charge in [0.25, 0.3) is 0 Å². The molecular formula is C31H21Cl. The average Bonchev–Trinajstić information content (AvgIpc) is 3.16. The Labute approximate surface area is 193 Å². The topological polar surface area (TPSA) is 0 Å². The van der Waals surface area contributed by atoms with E-state index in [-0.39, 0.29) is 5.41 Å². The van der Waals surface area contributed by atoms with Crippen LogP contribution in [0.2, 0.25) is 5.02 Å². The minimum atomic E-state index is -0.383. The maximum atomic E-state index is 6.58. The Hall–Kier alpha value is -3.61. The van der Waals surface area contributed by atoms with Gasteiger partial charge in [0.15, 0.2) is 0 Å². The van der Waals surface area contributed by atoms with Crippen LogP contribution < -0.4 is 0 Å². The van der Waals surface area contributed by atoms with Gasteiger partial charge in [0, 0.05) is 10.6 Å². The summed E-state index contributed by atoms with van der Waals surface area (Å²) in [6.07, 6.45) is 0. The number of halogens is 1. The molecule has 0 N–H and O–H groups in total. The maximum Gasteiger partial charge on any atom is 0.0713 e. The third-order valence-corrected chi connectivity index (χ3v) is 6.97. The van der Waals surface area contributed by atoms with E-state index in [0.717, 1.165) is 16.1 Å². The van der Waals surface area contributed by atoms with Crippen LogP contribution in [0.25, 0.3) is 22.3 Å². The van der Waals surface area contributed by atoms with E-state index in [1.165, 1.54) is 33.4 Å². The zero-order valence-corrected chi connectivity index (χ0v) is 18.3. The summed E-state index contributed by atoms with van der Waals surface area (Å²) in [4.78, 5) is 0. The molecule has 1 aliphatic carbocycles. The third kappa shape index (κ3) is 2.70. The third-order valence-electron chi connectivity index (χ3n) is 6.64. The number of hydrogen-bond donors (Lipinski definition) is 0. The van der Waals surface area contributed by atoms with Gasteiger partial charge in [0.2, 0.25) is 0 Å². The zero-order chi connectivity index (χ0) is 21.5. The van der Waals surface area contributed by atoms with Gasteiger partial charge in [-0.3, -0.25) is 0 Å². The van der Waals surface area contributed by atoms with E-state index >= 15 is 0 Å². The predicted octanol–water partition coefficient (Wildman–Crippen LogP) is 8.37. The molecule has 0 heterocycles. The van der Waals surface area contributed by atoms with Crippen LogP contribution in [0, 0.1) is 0 Å². The van der Waals surface area contributed by atoms with Crippen LogP contribution in [-0.4, -0.2) is 0 Å². The molecule has 1 heteroatoms. The van der Waals surface area contributed by atoms with Crippen molar-refractivity contribution >= 4 is 11.6 Å². The molecular weight excluding hydrogens is 408 g/mol. The molecule has 0 nitrogen and oxygen atoms in total. The van der Waals surface area contributed by atoms with Crippen LogP contribution in [0.4, 0.5) is 0 Å². The highest BCUT2D eigenvalue weighted by atomic mass is 35.5. The Morgan fingerprint density at radius 2 is 0.969 bits per heavy atom. The highest BCUT2D eigenvalue weighted by molar-refractivity contribution is 6.33. The quantitative estimate of drug-likeness (QED) is 0.265. The van der Waals surface area contributed by atoms with Crippen molar-refractivity contribution in [2.45, 2.75) is 5.41 Å². The van der Waals surface area contributed by atoms with Crippen molar-refractivity contribution in [1.82, 2.24) is 0 Å². The van der Waals surface area contributed by atoms with Gasteiger partial charge < -0.3 is 0 Å². The molecule has 6 rings (SSSR count). The summed E-state index contributed by atoms with van der Waals surface area (Å²) in [6.45, 7) is 0. The van der Waals surface area contributed by atoms with Gasteiger partial charge in [-0.05, 0) is 51.1 Å². The lowest BCUT2D eigenvalue weighted by Crippen LogP contribution is -2.28. The zero-order valence-electron chi connectivity index (χ0n) is 17.5. The first-order valence-electron chi connectivity index (χ1n) is 10.9. The van der Waals surface area contributed by atoms with E-state index in [1.807, 2.05) is 18.2 Å². The van der Waals surface area contributed by atoms with Crippen molar-refractivity contribution in [3.05, 3.63) is 155 Å². The molecule has 0 atom stereocenters. The van der Waals surface area contributed by atoms with E-state index in [1.54, 1.807) is 0 Å². The number of fused-ring (bicyclic) bond motifs is 3. The van der Waals surface area contributed by atoms with E-state index < -0.39 is 0 Å². The first-order valence-corrected chi connectivity index (χ1v) is 11.3. The second-order valence-electron chi connectivity index (χ2n) is 8.27. The molecule has 0 spiro atoms. The fourth-order valence-electron chi connectivity index (χ4n) is 5.33. The van der Waals surface area contributed by atoms with Crippen molar-refractivity contribution in [2.24, 2.45) is 0 Å². The van der Waals surface area contributed by atoms with Gasteiger partial charge >= 0.3 is 0 Å². The van der Waals surface area contributed by atoms with Gasteiger partial charge in [-0.2, -0.15) is 0 Å².